The fraction of sp³-hybridized carbons (Fsp3) is 0.333. The number of carbonyl (C=O) groups is 1. The SMILES string of the molecule is COCCOC(=S)NC(=O)c1cccc(OC)c1. The van der Waals surface area contributed by atoms with E-state index in [0.717, 1.165) is 0 Å². The van der Waals surface area contributed by atoms with Crippen LogP contribution >= 0.6 is 12.2 Å². The smallest absolute Gasteiger partial charge is 0.263 e. The average Bonchev–Trinajstić information content (AvgIpc) is 2.39. The lowest BCUT2D eigenvalue weighted by Crippen LogP contribution is -2.31. The monoisotopic (exact) mass is 269 g/mol. The van der Waals surface area contributed by atoms with Gasteiger partial charge >= 0.3 is 0 Å². The van der Waals surface area contributed by atoms with Crippen LogP contribution < -0.4 is 10.1 Å². The summed E-state index contributed by atoms with van der Waals surface area (Å²) in [5.74, 6) is 0.269. The lowest BCUT2D eigenvalue weighted by atomic mass is 10.2. The molecule has 0 atom stereocenters. The van der Waals surface area contributed by atoms with Crippen LogP contribution in [0.4, 0.5) is 0 Å². The molecule has 0 aromatic heterocycles. The average molecular weight is 269 g/mol. The van der Waals surface area contributed by atoms with Crippen molar-refractivity contribution < 1.29 is 19.0 Å². The number of rotatable bonds is 5. The number of amides is 1. The molecule has 0 aliphatic carbocycles. The molecule has 0 saturated carbocycles. The van der Waals surface area contributed by atoms with Gasteiger partial charge in [-0.05, 0) is 30.4 Å². The molecule has 1 aromatic rings. The predicted octanol–water partition coefficient (Wildman–Crippen LogP) is 1.37. The molecule has 1 rings (SSSR count). The summed E-state index contributed by atoms with van der Waals surface area (Å²) in [4.78, 5) is 11.8. The van der Waals surface area contributed by atoms with Crippen molar-refractivity contribution in [2.45, 2.75) is 0 Å². The Morgan fingerprint density at radius 1 is 1.33 bits per heavy atom. The number of hydrogen-bond donors (Lipinski definition) is 1. The Morgan fingerprint density at radius 2 is 2.11 bits per heavy atom. The van der Waals surface area contributed by atoms with Crippen LogP contribution in [0.3, 0.4) is 0 Å². The molecule has 0 aliphatic heterocycles. The van der Waals surface area contributed by atoms with Crippen molar-refractivity contribution in [3.8, 4) is 5.75 Å². The molecule has 0 bridgehead atoms. The first-order valence-electron chi connectivity index (χ1n) is 5.28. The van der Waals surface area contributed by atoms with Gasteiger partial charge in [0, 0.05) is 12.7 Å². The highest BCUT2D eigenvalue weighted by molar-refractivity contribution is 7.80. The fourth-order valence-corrected chi connectivity index (χ4v) is 1.36. The summed E-state index contributed by atoms with van der Waals surface area (Å²) in [5.41, 5.74) is 0.451. The Labute approximate surface area is 111 Å². The van der Waals surface area contributed by atoms with Crippen molar-refractivity contribution in [2.75, 3.05) is 27.4 Å². The second-order valence-corrected chi connectivity index (χ2v) is 3.69. The predicted molar refractivity (Wildman–Crippen MR) is 70.9 cm³/mol. The maximum Gasteiger partial charge on any atom is 0.263 e. The molecule has 1 aromatic carbocycles. The number of carbonyl (C=O) groups excluding carboxylic acids is 1. The zero-order valence-electron chi connectivity index (χ0n) is 10.3. The van der Waals surface area contributed by atoms with Crippen LogP contribution in [0.5, 0.6) is 5.75 Å². The molecule has 0 saturated heterocycles. The minimum atomic E-state index is -0.337. The van der Waals surface area contributed by atoms with Gasteiger partial charge in [0.25, 0.3) is 11.1 Å². The quantitative estimate of drug-likeness (QED) is 0.646. The van der Waals surface area contributed by atoms with Crippen LogP contribution in [0.25, 0.3) is 0 Å². The van der Waals surface area contributed by atoms with Crippen molar-refractivity contribution >= 4 is 23.3 Å². The van der Waals surface area contributed by atoms with Crippen LogP contribution in [0.2, 0.25) is 0 Å². The van der Waals surface area contributed by atoms with Crippen molar-refractivity contribution in [2.24, 2.45) is 0 Å². The van der Waals surface area contributed by atoms with Crippen LogP contribution in [0.15, 0.2) is 24.3 Å². The summed E-state index contributed by atoms with van der Waals surface area (Å²) >= 11 is 4.86. The van der Waals surface area contributed by atoms with Gasteiger partial charge in [-0.25, -0.2) is 0 Å². The molecule has 0 aliphatic rings. The standard InChI is InChI=1S/C12H15NO4S/c1-15-6-7-17-12(18)13-11(14)9-4-3-5-10(8-9)16-2/h3-5,8H,6-7H2,1-2H3,(H,13,14,18). The topological polar surface area (TPSA) is 56.8 Å². The van der Waals surface area contributed by atoms with E-state index in [1.807, 2.05) is 0 Å². The molecule has 98 valence electrons. The van der Waals surface area contributed by atoms with Gasteiger partial charge < -0.3 is 14.2 Å². The molecule has 0 radical (unpaired) electrons. The van der Waals surface area contributed by atoms with E-state index in [9.17, 15) is 4.79 Å². The summed E-state index contributed by atoms with van der Waals surface area (Å²) in [6.45, 7) is 0.711. The molecule has 0 spiro atoms. The van der Waals surface area contributed by atoms with Gasteiger partial charge in [-0.2, -0.15) is 0 Å². The van der Waals surface area contributed by atoms with Crippen molar-refractivity contribution in [3.63, 3.8) is 0 Å². The second kappa shape index (κ2) is 7.62. The van der Waals surface area contributed by atoms with Crippen LogP contribution in [0.1, 0.15) is 10.4 Å². The molecule has 0 heterocycles. The molecular weight excluding hydrogens is 254 g/mol. The Morgan fingerprint density at radius 3 is 2.78 bits per heavy atom. The molecule has 18 heavy (non-hydrogen) atoms. The maximum absolute atomic E-state index is 11.8. The lowest BCUT2D eigenvalue weighted by Gasteiger charge is -2.08. The summed E-state index contributed by atoms with van der Waals surface area (Å²) in [6.07, 6.45) is 0. The van der Waals surface area contributed by atoms with Crippen molar-refractivity contribution in [1.82, 2.24) is 5.32 Å². The Hall–Kier alpha value is -1.66. The maximum atomic E-state index is 11.8. The largest absolute Gasteiger partial charge is 0.497 e. The van der Waals surface area contributed by atoms with Crippen molar-refractivity contribution in [1.29, 1.82) is 0 Å². The van der Waals surface area contributed by atoms with E-state index in [-0.39, 0.29) is 11.1 Å². The lowest BCUT2D eigenvalue weighted by molar-refractivity contribution is 0.0958. The van der Waals surface area contributed by atoms with E-state index < -0.39 is 0 Å². The number of ether oxygens (including phenoxy) is 3. The third-order valence-corrected chi connectivity index (χ3v) is 2.29. The molecule has 6 heteroatoms. The summed E-state index contributed by atoms with van der Waals surface area (Å²) in [5, 5.41) is 2.49. The number of nitrogens with one attached hydrogen (secondary N) is 1. The second-order valence-electron chi connectivity index (χ2n) is 3.31. The fourth-order valence-electron chi connectivity index (χ4n) is 1.18. The molecular formula is C12H15NO4S. The van der Waals surface area contributed by atoms with E-state index >= 15 is 0 Å². The molecule has 1 N–H and O–H groups in total. The van der Waals surface area contributed by atoms with E-state index in [1.54, 1.807) is 31.4 Å². The normalized spacial score (nSPS) is 9.67. The minimum absolute atomic E-state index is 0.0277. The highest BCUT2D eigenvalue weighted by atomic mass is 32.1. The Kier molecular flexibility index (Phi) is 6.10. The zero-order valence-corrected chi connectivity index (χ0v) is 11.1. The molecule has 5 nitrogen and oxygen atoms in total. The van der Waals surface area contributed by atoms with Crippen molar-refractivity contribution in [3.05, 3.63) is 29.8 Å². The van der Waals surface area contributed by atoms with E-state index in [0.29, 0.717) is 24.5 Å². The molecule has 0 fully saturated rings. The number of thiocarbonyl (C=S) groups is 1. The van der Waals surface area contributed by atoms with E-state index in [4.69, 9.17) is 26.4 Å². The third kappa shape index (κ3) is 4.68. The number of methoxy groups -OCH3 is 2. The highest BCUT2D eigenvalue weighted by Crippen LogP contribution is 2.12. The van der Waals surface area contributed by atoms with Crippen LogP contribution in [-0.4, -0.2) is 38.5 Å². The minimum Gasteiger partial charge on any atom is -0.497 e. The van der Waals surface area contributed by atoms with Gasteiger partial charge in [-0.1, -0.05) is 6.07 Å². The van der Waals surface area contributed by atoms with E-state index in [2.05, 4.69) is 5.32 Å². The zero-order chi connectivity index (χ0) is 13.4. The van der Waals surface area contributed by atoms with Crippen LogP contribution in [0, 0.1) is 0 Å². The van der Waals surface area contributed by atoms with Gasteiger partial charge in [-0.15, -0.1) is 0 Å². The number of benzene rings is 1. The first-order chi connectivity index (χ1) is 8.67. The summed E-state index contributed by atoms with van der Waals surface area (Å²) < 4.78 is 14.9. The van der Waals surface area contributed by atoms with Gasteiger partial charge in [-0.3, -0.25) is 10.1 Å². The van der Waals surface area contributed by atoms with Gasteiger partial charge in [0.1, 0.15) is 12.4 Å². The number of hydrogen-bond acceptors (Lipinski definition) is 5. The van der Waals surface area contributed by atoms with Crippen LogP contribution in [-0.2, 0) is 9.47 Å². The first kappa shape index (κ1) is 14.4. The van der Waals surface area contributed by atoms with Gasteiger partial charge in [0.05, 0.1) is 13.7 Å². The van der Waals surface area contributed by atoms with Gasteiger partial charge in [0.15, 0.2) is 0 Å². The molecule has 1 amide bonds. The summed E-state index contributed by atoms with van der Waals surface area (Å²) in [7, 11) is 3.09. The van der Waals surface area contributed by atoms with E-state index in [1.165, 1.54) is 7.11 Å². The molecule has 0 unspecified atom stereocenters. The Balaban J connectivity index is 2.51. The van der Waals surface area contributed by atoms with Gasteiger partial charge in [0.2, 0.25) is 0 Å². The highest BCUT2D eigenvalue weighted by Gasteiger charge is 2.09. The summed E-state index contributed by atoms with van der Waals surface area (Å²) in [6, 6.07) is 6.76. The Bertz CT molecular complexity index is 422. The first-order valence-corrected chi connectivity index (χ1v) is 5.69. The third-order valence-electron chi connectivity index (χ3n) is 2.07.